The van der Waals surface area contributed by atoms with Gasteiger partial charge in [-0.2, -0.15) is 0 Å². The summed E-state index contributed by atoms with van der Waals surface area (Å²) in [6, 6.07) is 20.6. The summed E-state index contributed by atoms with van der Waals surface area (Å²) in [6.45, 7) is 5.10. The molecule has 0 aliphatic heterocycles. The van der Waals surface area contributed by atoms with Crippen LogP contribution >= 0.6 is 27.5 Å². The maximum absolute atomic E-state index is 13.9. The largest absolute Gasteiger partial charge is 0.352 e. The predicted molar refractivity (Wildman–Crippen MR) is 154 cm³/mol. The van der Waals surface area contributed by atoms with Gasteiger partial charge in [-0.3, -0.25) is 13.9 Å². The third-order valence-electron chi connectivity index (χ3n) is 6.13. The second kappa shape index (κ2) is 13.3. The first-order valence-electron chi connectivity index (χ1n) is 12.2. The fourth-order valence-corrected chi connectivity index (χ4v) is 5.74. The molecule has 0 aliphatic rings. The Morgan fingerprint density at radius 1 is 0.974 bits per heavy atom. The Labute approximate surface area is 238 Å². The minimum Gasteiger partial charge on any atom is -0.352 e. The molecule has 0 saturated carbocycles. The Morgan fingerprint density at radius 3 is 2.24 bits per heavy atom. The average Bonchev–Trinajstić information content (AvgIpc) is 2.90. The first-order chi connectivity index (χ1) is 18.0. The monoisotopic (exact) mass is 619 g/mol. The molecule has 3 aromatic carbocycles. The van der Waals surface area contributed by atoms with Gasteiger partial charge in [0.2, 0.25) is 11.8 Å². The minimum atomic E-state index is -4.11. The van der Waals surface area contributed by atoms with E-state index in [-0.39, 0.29) is 29.1 Å². The normalized spacial score (nSPS) is 12.9. The van der Waals surface area contributed by atoms with E-state index in [0.717, 1.165) is 20.8 Å². The highest BCUT2D eigenvalue weighted by molar-refractivity contribution is 9.10. The zero-order chi connectivity index (χ0) is 27.9. The van der Waals surface area contributed by atoms with Crippen molar-refractivity contribution < 1.29 is 18.0 Å². The maximum atomic E-state index is 13.9. The van der Waals surface area contributed by atoms with Crippen LogP contribution < -0.4 is 9.62 Å². The topological polar surface area (TPSA) is 86.8 Å². The molecule has 10 heteroatoms. The third kappa shape index (κ3) is 7.58. The van der Waals surface area contributed by atoms with Gasteiger partial charge in [-0.15, -0.1) is 0 Å². The summed E-state index contributed by atoms with van der Waals surface area (Å²) in [5.41, 5.74) is 1.07. The van der Waals surface area contributed by atoms with E-state index in [9.17, 15) is 18.0 Å². The average molecular weight is 621 g/mol. The van der Waals surface area contributed by atoms with Crippen LogP contribution in [0.2, 0.25) is 5.02 Å². The molecule has 0 saturated heterocycles. The van der Waals surface area contributed by atoms with Gasteiger partial charge in [0.05, 0.1) is 10.6 Å². The van der Waals surface area contributed by atoms with Crippen LogP contribution in [0.25, 0.3) is 0 Å². The van der Waals surface area contributed by atoms with Crippen LogP contribution in [0.1, 0.15) is 32.8 Å². The van der Waals surface area contributed by atoms with Gasteiger partial charge in [0, 0.05) is 22.1 Å². The molecule has 0 heterocycles. The van der Waals surface area contributed by atoms with E-state index in [1.165, 1.54) is 17.0 Å². The number of nitrogens with zero attached hydrogens (tertiary/aromatic N) is 2. The molecule has 0 bridgehead atoms. The first kappa shape index (κ1) is 29.7. The summed E-state index contributed by atoms with van der Waals surface area (Å²) in [6.07, 6.45) is 0.734. The molecule has 2 amide bonds. The molecule has 0 aromatic heterocycles. The van der Waals surface area contributed by atoms with E-state index in [1.54, 1.807) is 49.4 Å². The summed E-state index contributed by atoms with van der Waals surface area (Å²) < 4.78 is 29.3. The van der Waals surface area contributed by atoms with Crippen LogP contribution in [0.4, 0.5) is 5.69 Å². The summed E-state index contributed by atoms with van der Waals surface area (Å²) in [5, 5.41) is 3.35. The van der Waals surface area contributed by atoms with E-state index < -0.39 is 28.5 Å². The summed E-state index contributed by atoms with van der Waals surface area (Å²) in [5.74, 6) is -0.835. The van der Waals surface area contributed by atoms with E-state index in [4.69, 9.17) is 11.6 Å². The summed E-state index contributed by atoms with van der Waals surface area (Å²) in [4.78, 5) is 28.4. The highest BCUT2D eigenvalue weighted by Gasteiger charge is 2.32. The van der Waals surface area contributed by atoms with E-state index in [1.807, 2.05) is 38.1 Å². The third-order valence-corrected chi connectivity index (χ3v) is 8.67. The molecule has 3 aromatic rings. The summed E-state index contributed by atoms with van der Waals surface area (Å²) in [7, 11) is -4.11. The maximum Gasteiger partial charge on any atom is 0.264 e. The first-order valence-corrected chi connectivity index (χ1v) is 14.8. The van der Waals surface area contributed by atoms with Crippen molar-refractivity contribution in [3.63, 3.8) is 0 Å². The molecule has 2 unspecified atom stereocenters. The highest BCUT2D eigenvalue weighted by atomic mass is 79.9. The molecular weight excluding hydrogens is 590 g/mol. The number of hydrogen-bond donors (Lipinski definition) is 1. The van der Waals surface area contributed by atoms with Crippen molar-refractivity contribution in [2.75, 3.05) is 10.8 Å². The van der Waals surface area contributed by atoms with Crippen molar-refractivity contribution in [3.05, 3.63) is 93.9 Å². The van der Waals surface area contributed by atoms with Crippen molar-refractivity contribution in [2.24, 2.45) is 0 Å². The molecule has 3 rings (SSSR count). The fraction of sp³-hybridized carbons (Fsp3) is 0.286. The van der Waals surface area contributed by atoms with Crippen LogP contribution in [0.3, 0.4) is 0 Å². The van der Waals surface area contributed by atoms with Gasteiger partial charge < -0.3 is 10.2 Å². The molecule has 0 radical (unpaired) electrons. The Hall–Kier alpha value is -2.88. The predicted octanol–water partition coefficient (Wildman–Crippen LogP) is 5.63. The molecule has 2 atom stereocenters. The fourth-order valence-electron chi connectivity index (χ4n) is 3.74. The van der Waals surface area contributed by atoms with Gasteiger partial charge >= 0.3 is 0 Å². The van der Waals surface area contributed by atoms with Crippen LogP contribution in [0.5, 0.6) is 0 Å². The number of amides is 2. The molecule has 38 heavy (non-hydrogen) atoms. The van der Waals surface area contributed by atoms with Crippen LogP contribution in [-0.4, -0.2) is 43.8 Å². The van der Waals surface area contributed by atoms with Gasteiger partial charge in [0.15, 0.2) is 0 Å². The van der Waals surface area contributed by atoms with Crippen molar-refractivity contribution in [2.45, 2.75) is 50.7 Å². The number of anilines is 1. The van der Waals surface area contributed by atoms with Gasteiger partial charge in [-0.25, -0.2) is 8.42 Å². The van der Waals surface area contributed by atoms with E-state index in [0.29, 0.717) is 5.02 Å². The molecule has 0 aliphatic carbocycles. The molecular formula is C28H31BrClN3O4S. The van der Waals surface area contributed by atoms with Gasteiger partial charge in [0.25, 0.3) is 10.0 Å². The minimum absolute atomic E-state index is 0.0452. The number of benzene rings is 3. The molecule has 7 nitrogen and oxygen atoms in total. The lowest BCUT2D eigenvalue weighted by atomic mass is 10.1. The summed E-state index contributed by atoms with van der Waals surface area (Å²) >= 11 is 9.49. The smallest absolute Gasteiger partial charge is 0.264 e. The van der Waals surface area contributed by atoms with Gasteiger partial charge in [-0.05, 0) is 74.4 Å². The Balaban J connectivity index is 2.01. The second-order valence-electron chi connectivity index (χ2n) is 8.95. The van der Waals surface area contributed by atoms with Crippen molar-refractivity contribution in [1.29, 1.82) is 0 Å². The standard InChI is InChI=1S/C28H31BrClN3O4S/c1-4-20(2)31-28(35)21(3)32(18-22-9-8-10-23(29)17-22)27(34)19-33(25-15-13-24(30)14-16-25)38(36,37)26-11-6-5-7-12-26/h5-17,20-21H,4,18-19H2,1-3H3,(H,31,35). The van der Waals surface area contributed by atoms with Crippen LogP contribution in [0, 0.1) is 0 Å². The number of sulfonamides is 1. The number of nitrogens with one attached hydrogen (secondary N) is 1. The van der Waals surface area contributed by atoms with Crippen molar-refractivity contribution in [1.82, 2.24) is 10.2 Å². The lowest BCUT2D eigenvalue weighted by Gasteiger charge is -2.32. The van der Waals surface area contributed by atoms with Gasteiger partial charge in [-0.1, -0.05) is 64.8 Å². The van der Waals surface area contributed by atoms with Crippen LogP contribution in [-0.2, 0) is 26.2 Å². The molecule has 0 spiro atoms. The number of carbonyl (C=O) groups is 2. The Morgan fingerprint density at radius 2 is 1.63 bits per heavy atom. The van der Waals surface area contributed by atoms with Crippen LogP contribution in [0.15, 0.2) is 88.2 Å². The van der Waals surface area contributed by atoms with E-state index >= 15 is 0 Å². The zero-order valence-corrected chi connectivity index (χ0v) is 24.6. The lowest BCUT2D eigenvalue weighted by Crippen LogP contribution is -2.52. The molecule has 202 valence electrons. The van der Waals surface area contributed by atoms with E-state index in [2.05, 4.69) is 21.2 Å². The Kier molecular flexibility index (Phi) is 10.4. The molecule has 0 fully saturated rings. The molecule has 1 N–H and O–H groups in total. The highest BCUT2D eigenvalue weighted by Crippen LogP contribution is 2.26. The van der Waals surface area contributed by atoms with Crippen molar-refractivity contribution >= 4 is 55.1 Å². The quantitative estimate of drug-likeness (QED) is 0.301. The number of hydrogen-bond acceptors (Lipinski definition) is 4. The number of rotatable bonds is 11. The second-order valence-corrected chi connectivity index (χ2v) is 12.2. The van der Waals surface area contributed by atoms with Crippen molar-refractivity contribution in [3.8, 4) is 0 Å². The zero-order valence-electron chi connectivity index (χ0n) is 21.5. The number of halogens is 2. The Bertz CT molecular complexity index is 1350. The number of carbonyl (C=O) groups excluding carboxylic acids is 2. The van der Waals surface area contributed by atoms with Gasteiger partial charge in [0.1, 0.15) is 12.6 Å². The SMILES string of the molecule is CCC(C)NC(=O)C(C)N(Cc1cccc(Br)c1)C(=O)CN(c1ccc(Cl)cc1)S(=O)(=O)c1ccccc1. The lowest BCUT2D eigenvalue weighted by molar-refractivity contribution is -0.139.